The molecule has 0 atom stereocenters. The molecule has 0 amide bonds. The predicted octanol–water partition coefficient (Wildman–Crippen LogP) is 2.24. The van der Waals surface area contributed by atoms with Gasteiger partial charge >= 0.3 is 5.97 Å². The van der Waals surface area contributed by atoms with Crippen molar-refractivity contribution in [2.75, 3.05) is 6.54 Å². The maximum atomic E-state index is 10.8. The van der Waals surface area contributed by atoms with E-state index in [9.17, 15) is 4.79 Å². The SMILES string of the molecule is O=C(O)CN1Cc2cccc3cccc(c23)C1. The Kier molecular flexibility index (Phi) is 2.34. The predicted molar refractivity (Wildman–Crippen MR) is 65.7 cm³/mol. The van der Waals surface area contributed by atoms with E-state index in [0.717, 1.165) is 13.1 Å². The molecule has 3 rings (SSSR count). The second-order valence-corrected chi connectivity index (χ2v) is 4.47. The summed E-state index contributed by atoms with van der Waals surface area (Å²) in [6.07, 6.45) is 0. The molecule has 0 aliphatic carbocycles. The Labute approximate surface area is 99.3 Å². The second kappa shape index (κ2) is 3.86. The zero-order valence-corrected chi connectivity index (χ0v) is 9.39. The molecule has 0 bridgehead atoms. The molecule has 0 saturated carbocycles. The zero-order chi connectivity index (χ0) is 11.8. The number of aliphatic carboxylic acids is 1. The average molecular weight is 227 g/mol. The molecule has 0 unspecified atom stereocenters. The maximum absolute atomic E-state index is 10.8. The number of nitrogens with zero attached hydrogens (tertiary/aromatic N) is 1. The third-order valence-corrected chi connectivity index (χ3v) is 3.22. The monoisotopic (exact) mass is 227 g/mol. The third-order valence-electron chi connectivity index (χ3n) is 3.22. The highest BCUT2D eigenvalue weighted by Crippen LogP contribution is 2.29. The van der Waals surface area contributed by atoms with Gasteiger partial charge in [-0.05, 0) is 21.9 Å². The average Bonchev–Trinajstić information content (AvgIpc) is 2.28. The Hall–Kier alpha value is -1.87. The number of rotatable bonds is 2. The second-order valence-electron chi connectivity index (χ2n) is 4.47. The van der Waals surface area contributed by atoms with E-state index in [1.54, 1.807) is 0 Å². The lowest BCUT2D eigenvalue weighted by molar-refractivity contribution is -0.138. The van der Waals surface area contributed by atoms with E-state index in [-0.39, 0.29) is 6.54 Å². The number of hydrogen-bond donors (Lipinski definition) is 1. The van der Waals surface area contributed by atoms with Gasteiger partial charge in [-0.2, -0.15) is 0 Å². The molecule has 0 aromatic heterocycles. The van der Waals surface area contributed by atoms with Gasteiger partial charge in [0.2, 0.25) is 0 Å². The van der Waals surface area contributed by atoms with Gasteiger partial charge in [-0.15, -0.1) is 0 Å². The van der Waals surface area contributed by atoms with Gasteiger partial charge in [0.15, 0.2) is 0 Å². The quantitative estimate of drug-likeness (QED) is 0.855. The van der Waals surface area contributed by atoms with E-state index in [1.807, 2.05) is 17.0 Å². The van der Waals surface area contributed by atoms with Crippen LogP contribution in [0.2, 0.25) is 0 Å². The van der Waals surface area contributed by atoms with Crippen molar-refractivity contribution in [3.8, 4) is 0 Å². The van der Waals surface area contributed by atoms with Crippen LogP contribution in [0.3, 0.4) is 0 Å². The Morgan fingerprint density at radius 1 is 1.12 bits per heavy atom. The fraction of sp³-hybridized carbons (Fsp3) is 0.214. The van der Waals surface area contributed by atoms with E-state index in [4.69, 9.17) is 5.11 Å². The van der Waals surface area contributed by atoms with Gasteiger partial charge < -0.3 is 5.11 Å². The molecule has 3 nitrogen and oxygen atoms in total. The summed E-state index contributed by atoms with van der Waals surface area (Å²) in [6.45, 7) is 1.55. The molecule has 86 valence electrons. The van der Waals surface area contributed by atoms with E-state index in [1.165, 1.54) is 21.9 Å². The lowest BCUT2D eigenvalue weighted by Gasteiger charge is -2.27. The number of carboxylic acids is 1. The summed E-state index contributed by atoms with van der Waals surface area (Å²) in [5, 5.41) is 11.4. The first-order chi connectivity index (χ1) is 8.24. The van der Waals surface area contributed by atoms with Crippen LogP contribution in [0.15, 0.2) is 36.4 Å². The van der Waals surface area contributed by atoms with Crippen LogP contribution < -0.4 is 0 Å². The van der Waals surface area contributed by atoms with Gasteiger partial charge in [0.25, 0.3) is 0 Å². The summed E-state index contributed by atoms with van der Waals surface area (Å²) in [7, 11) is 0. The molecule has 1 heterocycles. The van der Waals surface area contributed by atoms with Crippen molar-refractivity contribution in [2.24, 2.45) is 0 Å². The van der Waals surface area contributed by atoms with Crippen molar-refractivity contribution in [1.82, 2.24) is 4.90 Å². The molecule has 17 heavy (non-hydrogen) atoms. The fourth-order valence-corrected chi connectivity index (χ4v) is 2.61. The van der Waals surface area contributed by atoms with Gasteiger partial charge in [0.1, 0.15) is 0 Å². The molecular weight excluding hydrogens is 214 g/mol. The molecule has 3 heteroatoms. The van der Waals surface area contributed by atoms with Gasteiger partial charge in [0, 0.05) is 13.1 Å². The molecule has 0 spiro atoms. The number of carbonyl (C=O) groups is 1. The lowest BCUT2D eigenvalue weighted by Crippen LogP contribution is -2.31. The fourth-order valence-electron chi connectivity index (χ4n) is 2.61. The normalized spacial score (nSPS) is 15.1. The first-order valence-corrected chi connectivity index (χ1v) is 5.68. The van der Waals surface area contributed by atoms with E-state index in [2.05, 4.69) is 24.3 Å². The first kappa shape index (κ1) is 10.3. The molecule has 2 aromatic carbocycles. The van der Waals surface area contributed by atoms with Crippen molar-refractivity contribution in [3.05, 3.63) is 47.5 Å². The molecule has 1 aliphatic rings. The summed E-state index contributed by atoms with van der Waals surface area (Å²) < 4.78 is 0. The van der Waals surface area contributed by atoms with Crippen LogP contribution in [-0.2, 0) is 17.9 Å². The Morgan fingerprint density at radius 2 is 1.71 bits per heavy atom. The van der Waals surface area contributed by atoms with Crippen molar-refractivity contribution >= 4 is 16.7 Å². The van der Waals surface area contributed by atoms with Crippen LogP contribution in [-0.4, -0.2) is 22.5 Å². The first-order valence-electron chi connectivity index (χ1n) is 5.68. The highest BCUT2D eigenvalue weighted by molar-refractivity contribution is 5.89. The summed E-state index contributed by atoms with van der Waals surface area (Å²) in [4.78, 5) is 12.7. The molecule has 1 N–H and O–H groups in total. The molecule has 2 aromatic rings. The van der Waals surface area contributed by atoms with Gasteiger partial charge in [-0.25, -0.2) is 0 Å². The summed E-state index contributed by atoms with van der Waals surface area (Å²) >= 11 is 0. The van der Waals surface area contributed by atoms with Gasteiger partial charge in [-0.3, -0.25) is 9.69 Å². The van der Waals surface area contributed by atoms with Crippen molar-refractivity contribution in [1.29, 1.82) is 0 Å². The minimum absolute atomic E-state index is 0.102. The molecule has 0 fully saturated rings. The Morgan fingerprint density at radius 3 is 2.24 bits per heavy atom. The minimum Gasteiger partial charge on any atom is -0.480 e. The standard InChI is InChI=1S/C14H13NO2/c16-13(17)9-15-7-11-5-1-3-10-4-2-6-12(8-15)14(10)11/h1-6H,7-9H2,(H,16,17). The Balaban J connectivity index is 2.07. The summed E-state index contributed by atoms with van der Waals surface area (Å²) in [6, 6.07) is 12.4. The zero-order valence-electron chi connectivity index (χ0n) is 9.39. The van der Waals surface area contributed by atoms with Crippen LogP contribution in [0.4, 0.5) is 0 Å². The van der Waals surface area contributed by atoms with E-state index >= 15 is 0 Å². The van der Waals surface area contributed by atoms with Crippen LogP contribution >= 0.6 is 0 Å². The molecule has 0 radical (unpaired) electrons. The van der Waals surface area contributed by atoms with E-state index in [0.29, 0.717) is 0 Å². The number of carboxylic acid groups (broad SMARTS) is 1. The molecule has 0 saturated heterocycles. The number of benzene rings is 2. The van der Waals surface area contributed by atoms with Crippen LogP contribution in [0.5, 0.6) is 0 Å². The molecule has 1 aliphatic heterocycles. The third kappa shape index (κ3) is 1.78. The van der Waals surface area contributed by atoms with Crippen LogP contribution in [0, 0.1) is 0 Å². The smallest absolute Gasteiger partial charge is 0.317 e. The van der Waals surface area contributed by atoms with E-state index < -0.39 is 5.97 Å². The maximum Gasteiger partial charge on any atom is 0.317 e. The number of hydrogen-bond acceptors (Lipinski definition) is 2. The Bertz CT molecular complexity index is 551. The lowest BCUT2D eigenvalue weighted by atomic mass is 9.95. The largest absolute Gasteiger partial charge is 0.480 e. The topological polar surface area (TPSA) is 40.5 Å². The molecular formula is C14H13NO2. The van der Waals surface area contributed by atoms with Crippen LogP contribution in [0.25, 0.3) is 10.8 Å². The van der Waals surface area contributed by atoms with Crippen molar-refractivity contribution < 1.29 is 9.90 Å². The minimum atomic E-state index is -0.767. The van der Waals surface area contributed by atoms with Crippen molar-refractivity contribution in [3.63, 3.8) is 0 Å². The highest BCUT2D eigenvalue weighted by atomic mass is 16.4. The van der Waals surface area contributed by atoms with Crippen molar-refractivity contribution in [2.45, 2.75) is 13.1 Å². The summed E-state index contributed by atoms with van der Waals surface area (Å²) in [5.74, 6) is -0.767. The highest BCUT2D eigenvalue weighted by Gasteiger charge is 2.19. The summed E-state index contributed by atoms with van der Waals surface area (Å²) in [5.41, 5.74) is 2.45. The van der Waals surface area contributed by atoms with Gasteiger partial charge in [0.05, 0.1) is 6.54 Å². The van der Waals surface area contributed by atoms with Gasteiger partial charge in [-0.1, -0.05) is 36.4 Å². The van der Waals surface area contributed by atoms with Crippen LogP contribution in [0.1, 0.15) is 11.1 Å².